The molecule has 1 amide bonds. The van der Waals surface area contributed by atoms with Crippen molar-refractivity contribution in [1.82, 2.24) is 5.32 Å². The number of hydrogen-bond donors (Lipinski definition) is 2. The van der Waals surface area contributed by atoms with Gasteiger partial charge in [0, 0.05) is 12.0 Å². The smallest absolute Gasteiger partial charge is 0.331 e. The number of amides is 1. The van der Waals surface area contributed by atoms with Crippen molar-refractivity contribution < 1.29 is 29.0 Å². The Bertz CT molecular complexity index is 555. The van der Waals surface area contributed by atoms with Crippen LogP contribution in [0.25, 0.3) is 0 Å². The topological polar surface area (TPSA) is 102 Å². The molecule has 0 saturated carbocycles. The highest BCUT2D eigenvalue weighted by atomic mass is 16.5. The monoisotopic (exact) mass is 337 g/mol. The largest absolute Gasteiger partial charge is 0.494 e. The lowest BCUT2D eigenvalue weighted by Crippen LogP contribution is -2.44. The Kier molecular flexibility index (Phi) is 8.49. The van der Waals surface area contributed by atoms with Gasteiger partial charge in [0.25, 0.3) is 0 Å². The Labute approximate surface area is 141 Å². The predicted octanol–water partition coefficient (Wildman–Crippen LogP) is 1.09. The van der Waals surface area contributed by atoms with Gasteiger partial charge >= 0.3 is 5.97 Å². The number of carbonyl (C=O) groups is 3. The first-order valence-corrected chi connectivity index (χ1v) is 7.78. The fourth-order valence-corrected chi connectivity index (χ4v) is 1.90. The molecule has 0 unspecified atom stereocenters. The van der Waals surface area contributed by atoms with Crippen LogP contribution in [0.15, 0.2) is 24.3 Å². The summed E-state index contributed by atoms with van der Waals surface area (Å²) in [5, 5.41) is 11.5. The summed E-state index contributed by atoms with van der Waals surface area (Å²) in [7, 11) is 0. The SMILES string of the molecule is CCOC(=O)[C@@H](CO)NC(=O)CCCOc1ccc(C(C)=O)cc1. The van der Waals surface area contributed by atoms with Gasteiger partial charge in [-0.05, 0) is 44.5 Å². The third kappa shape index (κ3) is 6.78. The number of benzene rings is 1. The number of carbonyl (C=O) groups excluding carboxylic acids is 3. The van der Waals surface area contributed by atoms with E-state index in [0.717, 1.165) is 0 Å². The summed E-state index contributed by atoms with van der Waals surface area (Å²) in [5.41, 5.74) is 0.607. The van der Waals surface area contributed by atoms with Gasteiger partial charge in [0.15, 0.2) is 11.8 Å². The number of nitrogens with one attached hydrogen (secondary N) is 1. The summed E-state index contributed by atoms with van der Waals surface area (Å²) in [5.74, 6) is -0.425. The maximum atomic E-state index is 11.7. The van der Waals surface area contributed by atoms with Gasteiger partial charge in [-0.15, -0.1) is 0 Å². The van der Waals surface area contributed by atoms with Gasteiger partial charge in [0.1, 0.15) is 5.75 Å². The van der Waals surface area contributed by atoms with Crippen LogP contribution in [0.4, 0.5) is 0 Å². The molecule has 2 N–H and O–H groups in total. The van der Waals surface area contributed by atoms with Crippen LogP contribution in [0, 0.1) is 0 Å². The molecule has 0 saturated heterocycles. The van der Waals surface area contributed by atoms with Crippen LogP contribution in [-0.2, 0) is 14.3 Å². The second kappa shape index (κ2) is 10.4. The molecule has 0 bridgehead atoms. The first kappa shape index (κ1) is 19.6. The zero-order valence-electron chi connectivity index (χ0n) is 13.9. The number of Topliss-reactive ketones (excluding diaryl/α,β-unsaturated/α-hetero) is 1. The quantitative estimate of drug-likeness (QED) is 0.376. The molecule has 1 rings (SSSR count). The summed E-state index contributed by atoms with van der Waals surface area (Å²) >= 11 is 0. The van der Waals surface area contributed by atoms with Crippen molar-refractivity contribution in [3.05, 3.63) is 29.8 Å². The van der Waals surface area contributed by atoms with Crippen molar-refractivity contribution in [1.29, 1.82) is 0 Å². The number of hydrogen-bond acceptors (Lipinski definition) is 6. The number of rotatable bonds is 10. The van der Waals surface area contributed by atoms with Crippen molar-refractivity contribution in [3.8, 4) is 5.75 Å². The van der Waals surface area contributed by atoms with Gasteiger partial charge in [0.05, 0.1) is 19.8 Å². The molecule has 0 aliphatic heterocycles. The highest BCUT2D eigenvalue weighted by Gasteiger charge is 2.20. The number of ketones is 1. The van der Waals surface area contributed by atoms with Crippen molar-refractivity contribution in [2.24, 2.45) is 0 Å². The minimum atomic E-state index is -1.04. The molecule has 1 aromatic carbocycles. The van der Waals surface area contributed by atoms with Crippen LogP contribution >= 0.6 is 0 Å². The molecule has 24 heavy (non-hydrogen) atoms. The standard InChI is InChI=1S/C17H23NO6/c1-3-23-17(22)15(11-19)18-16(21)5-4-10-24-14-8-6-13(7-9-14)12(2)20/h6-9,15,19H,3-5,10-11H2,1-2H3,(H,18,21)/t15-/m1/s1. The molecule has 0 aliphatic carbocycles. The fourth-order valence-electron chi connectivity index (χ4n) is 1.90. The molecular formula is C17H23NO6. The van der Waals surface area contributed by atoms with Crippen LogP contribution in [0.3, 0.4) is 0 Å². The van der Waals surface area contributed by atoms with Gasteiger partial charge in [-0.1, -0.05) is 0 Å². The van der Waals surface area contributed by atoms with E-state index in [1.807, 2.05) is 0 Å². The Morgan fingerprint density at radius 2 is 1.88 bits per heavy atom. The van der Waals surface area contributed by atoms with Crippen LogP contribution in [0.2, 0.25) is 0 Å². The van der Waals surface area contributed by atoms with Crippen LogP contribution in [0.5, 0.6) is 5.75 Å². The lowest BCUT2D eigenvalue weighted by Gasteiger charge is -2.14. The van der Waals surface area contributed by atoms with Gasteiger partial charge in [-0.25, -0.2) is 4.79 Å². The Hall–Kier alpha value is -2.41. The molecule has 1 aromatic rings. The molecule has 7 nitrogen and oxygen atoms in total. The van der Waals surface area contributed by atoms with E-state index in [9.17, 15) is 14.4 Å². The van der Waals surface area contributed by atoms with Gasteiger partial charge in [0.2, 0.25) is 5.91 Å². The maximum Gasteiger partial charge on any atom is 0.331 e. The first-order valence-electron chi connectivity index (χ1n) is 7.78. The maximum absolute atomic E-state index is 11.7. The van der Waals surface area contributed by atoms with Gasteiger partial charge in [-0.2, -0.15) is 0 Å². The van der Waals surface area contributed by atoms with Crippen LogP contribution in [0.1, 0.15) is 37.0 Å². The summed E-state index contributed by atoms with van der Waals surface area (Å²) < 4.78 is 10.2. The number of ether oxygens (including phenoxy) is 2. The first-order chi connectivity index (χ1) is 11.5. The normalized spacial score (nSPS) is 11.5. The molecule has 0 heterocycles. The van der Waals surface area contributed by atoms with E-state index in [4.69, 9.17) is 14.6 Å². The van der Waals surface area contributed by atoms with Crippen LogP contribution in [-0.4, -0.2) is 48.6 Å². The minimum Gasteiger partial charge on any atom is -0.494 e. The van der Waals surface area contributed by atoms with E-state index in [0.29, 0.717) is 24.3 Å². The Balaban J connectivity index is 2.30. The molecule has 0 aromatic heterocycles. The van der Waals surface area contributed by atoms with E-state index in [2.05, 4.69) is 5.32 Å². The van der Waals surface area contributed by atoms with Gasteiger partial charge < -0.3 is 19.9 Å². The lowest BCUT2D eigenvalue weighted by molar-refractivity contribution is -0.148. The zero-order valence-corrected chi connectivity index (χ0v) is 13.9. The van der Waals surface area contributed by atoms with Crippen molar-refractivity contribution in [3.63, 3.8) is 0 Å². The van der Waals surface area contributed by atoms with E-state index in [1.54, 1.807) is 31.2 Å². The minimum absolute atomic E-state index is 0.0155. The third-order valence-electron chi connectivity index (χ3n) is 3.17. The summed E-state index contributed by atoms with van der Waals surface area (Å²) in [6.07, 6.45) is 0.600. The van der Waals surface area contributed by atoms with Crippen molar-refractivity contribution >= 4 is 17.7 Å². The highest BCUT2D eigenvalue weighted by Crippen LogP contribution is 2.13. The Morgan fingerprint density at radius 3 is 2.42 bits per heavy atom. The van der Waals surface area contributed by atoms with Gasteiger partial charge in [-0.3, -0.25) is 9.59 Å². The average molecular weight is 337 g/mol. The molecule has 132 valence electrons. The van der Waals surface area contributed by atoms with E-state index in [-0.39, 0.29) is 24.7 Å². The summed E-state index contributed by atoms with van der Waals surface area (Å²) in [6.45, 7) is 3.12. The number of esters is 1. The summed E-state index contributed by atoms with van der Waals surface area (Å²) in [6, 6.07) is 5.70. The molecule has 0 radical (unpaired) electrons. The fraction of sp³-hybridized carbons (Fsp3) is 0.471. The van der Waals surface area contributed by atoms with E-state index >= 15 is 0 Å². The zero-order chi connectivity index (χ0) is 17.9. The van der Waals surface area contributed by atoms with E-state index in [1.165, 1.54) is 6.92 Å². The second-order valence-electron chi connectivity index (χ2n) is 5.09. The van der Waals surface area contributed by atoms with Crippen molar-refractivity contribution in [2.75, 3.05) is 19.8 Å². The highest BCUT2D eigenvalue weighted by molar-refractivity contribution is 5.94. The molecule has 1 atom stereocenters. The van der Waals surface area contributed by atoms with Crippen LogP contribution < -0.4 is 10.1 Å². The molecule has 0 fully saturated rings. The number of aliphatic hydroxyl groups is 1. The third-order valence-corrected chi connectivity index (χ3v) is 3.17. The molecule has 0 spiro atoms. The average Bonchev–Trinajstić information content (AvgIpc) is 2.57. The van der Waals surface area contributed by atoms with Crippen molar-refractivity contribution in [2.45, 2.75) is 32.7 Å². The summed E-state index contributed by atoms with van der Waals surface area (Å²) in [4.78, 5) is 34.3. The predicted molar refractivity (Wildman–Crippen MR) is 86.8 cm³/mol. The Morgan fingerprint density at radius 1 is 1.21 bits per heavy atom. The lowest BCUT2D eigenvalue weighted by atomic mass is 10.1. The van der Waals surface area contributed by atoms with E-state index < -0.39 is 18.6 Å². The molecule has 0 aliphatic rings. The number of aliphatic hydroxyl groups excluding tert-OH is 1. The second-order valence-corrected chi connectivity index (χ2v) is 5.09. The molecule has 7 heteroatoms. The molecular weight excluding hydrogens is 314 g/mol.